The van der Waals surface area contributed by atoms with E-state index in [-0.39, 0.29) is 0 Å². The molecule has 0 amide bonds. The molecular weight excluding hydrogens is 242 g/mol. The Balaban J connectivity index is 2.36. The monoisotopic (exact) mass is 257 g/mol. The molecular formula is C14H15N3S. The number of nitrogens with zero attached hydrogens (tertiary/aromatic N) is 2. The zero-order valence-electron chi connectivity index (χ0n) is 10.7. The lowest BCUT2D eigenvalue weighted by Gasteiger charge is -2.11. The Labute approximate surface area is 110 Å². The summed E-state index contributed by atoms with van der Waals surface area (Å²) in [5.74, 6) is 0.556. The lowest BCUT2D eigenvalue weighted by molar-refractivity contribution is 1.18. The van der Waals surface area contributed by atoms with Crippen LogP contribution in [-0.4, -0.2) is 9.38 Å². The van der Waals surface area contributed by atoms with E-state index in [0.29, 0.717) is 5.95 Å². The van der Waals surface area contributed by atoms with E-state index in [1.165, 1.54) is 22.3 Å². The van der Waals surface area contributed by atoms with Crippen LogP contribution in [0.2, 0.25) is 0 Å². The number of hydrogen-bond acceptors (Lipinski definition) is 3. The molecule has 1 aromatic carbocycles. The van der Waals surface area contributed by atoms with Gasteiger partial charge in [0, 0.05) is 10.9 Å². The van der Waals surface area contributed by atoms with Crippen molar-refractivity contribution in [2.45, 2.75) is 20.8 Å². The summed E-state index contributed by atoms with van der Waals surface area (Å²) in [7, 11) is 0. The van der Waals surface area contributed by atoms with Gasteiger partial charge in [0.15, 0.2) is 0 Å². The number of hydrogen-bond donors (Lipinski definition) is 1. The fourth-order valence-electron chi connectivity index (χ4n) is 2.60. The molecule has 0 spiro atoms. The first-order valence-electron chi connectivity index (χ1n) is 5.86. The highest BCUT2D eigenvalue weighted by Crippen LogP contribution is 2.33. The number of aryl methyl sites for hydroxylation is 3. The minimum atomic E-state index is 0.556. The largest absolute Gasteiger partial charge is 0.369 e. The third-order valence-electron chi connectivity index (χ3n) is 3.22. The van der Waals surface area contributed by atoms with Gasteiger partial charge in [-0.3, -0.25) is 4.40 Å². The van der Waals surface area contributed by atoms with Crippen molar-refractivity contribution in [2.75, 3.05) is 5.73 Å². The summed E-state index contributed by atoms with van der Waals surface area (Å²) in [4.78, 5) is 5.26. The molecule has 0 aliphatic heterocycles. The van der Waals surface area contributed by atoms with Crippen molar-refractivity contribution in [3.8, 4) is 11.3 Å². The summed E-state index contributed by atoms with van der Waals surface area (Å²) in [5.41, 5.74) is 12.2. The fourth-order valence-corrected chi connectivity index (χ4v) is 3.47. The van der Waals surface area contributed by atoms with Crippen LogP contribution in [0.15, 0.2) is 23.7 Å². The molecule has 4 heteroatoms. The van der Waals surface area contributed by atoms with Crippen molar-refractivity contribution in [3.05, 3.63) is 40.4 Å². The van der Waals surface area contributed by atoms with E-state index in [9.17, 15) is 0 Å². The molecule has 0 unspecified atom stereocenters. The minimum Gasteiger partial charge on any atom is -0.369 e. The Kier molecular flexibility index (Phi) is 2.41. The maximum absolute atomic E-state index is 5.95. The van der Waals surface area contributed by atoms with Gasteiger partial charge in [0.05, 0.1) is 11.9 Å². The van der Waals surface area contributed by atoms with Gasteiger partial charge in [0.2, 0.25) is 5.95 Å². The van der Waals surface area contributed by atoms with Crippen molar-refractivity contribution in [3.63, 3.8) is 0 Å². The number of benzene rings is 1. The number of imidazole rings is 1. The number of aromatic nitrogens is 2. The molecule has 2 N–H and O–H groups in total. The van der Waals surface area contributed by atoms with Gasteiger partial charge in [0.25, 0.3) is 0 Å². The Morgan fingerprint density at radius 2 is 1.83 bits per heavy atom. The quantitative estimate of drug-likeness (QED) is 0.724. The fraction of sp³-hybridized carbons (Fsp3) is 0.214. The highest BCUT2D eigenvalue weighted by atomic mass is 32.1. The molecule has 3 nitrogen and oxygen atoms in total. The molecule has 0 aliphatic rings. The molecule has 92 valence electrons. The molecule has 2 heterocycles. The molecule has 0 saturated carbocycles. The van der Waals surface area contributed by atoms with Crippen LogP contribution in [0.4, 0.5) is 5.95 Å². The number of fused-ring (bicyclic) bond motifs is 1. The third kappa shape index (κ3) is 1.53. The van der Waals surface area contributed by atoms with E-state index in [4.69, 9.17) is 5.73 Å². The molecule has 0 radical (unpaired) electrons. The van der Waals surface area contributed by atoms with E-state index in [1.54, 1.807) is 11.3 Å². The maximum atomic E-state index is 5.95. The molecule has 3 rings (SSSR count). The van der Waals surface area contributed by atoms with Gasteiger partial charge in [-0.05, 0) is 31.9 Å². The lowest BCUT2D eigenvalue weighted by Crippen LogP contribution is -1.97. The van der Waals surface area contributed by atoms with Crippen LogP contribution in [0, 0.1) is 20.8 Å². The zero-order valence-corrected chi connectivity index (χ0v) is 11.5. The standard InChI is InChI=1S/C14H15N3S/c1-8-4-9(2)13(10(3)5-8)11-7-18-12-6-16-14(15)17(11)12/h4-7H,1-3H3,(H2,15,16). The van der Waals surface area contributed by atoms with E-state index >= 15 is 0 Å². The van der Waals surface area contributed by atoms with Crippen molar-refractivity contribution >= 4 is 22.1 Å². The summed E-state index contributed by atoms with van der Waals surface area (Å²) in [5, 5.41) is 2.15. The lowest BCUT2D eigenvalue weighted by atomic mass is 9.98. The number of anilines is 1. The molecule has 0 saturated heterocycles. The predicted molar refractivity (Wildman–Crippen MR) is 77.1 cm³/mol. The van der Waals surface area contributed by atoms with Gasteiger partial charge in [-0.15, -0.1) is 11.3 Å². The molecule has 0 fully saturated rings. The first-order chi connectivity index (χ1) is 8.58. The van der Waals surface area contributed by atoms with Crippen LogP contribution in [0.1, 0.15) is 16.7 Å². The van der Waals surface area contributed by atoms with Gasteiger partial charge in [-0.1, -0.05) is 17.7 Å². The normalized spacial score (nSPS) is 11.3. The zero-order chi connectivity index (χ0) is 12.9. The predicted octanol–water partition coefficient (Wildman–Crippen LogP) is 3.57. The number of rotatable bonds is 1. The first-order valence-corrected chi connectivity index (χ1v) is 6.74. The summed E-state index contributed by atoms with van der Waals surface area (Å²) in [6.07, 6.45) is 1.82. The van der Waals surface area contributed by atoms with Crippen molar-refractivity contribution < 1.29 is 0 Å². The van der Waals surface area contributed by atoms with Crippen LogP contribution >= 0.6 is 11.3 Å². The molecule has 18 heavy (non-hydrogen) atoms. The van der Waals surface area contributed by atoms with E-state index in [1.807, 2.05) is 10.6 Å². The van der Waals surface area contributed by atoms with Crippen molar-refractivity contribution in [1.82, 2.24) is 9.38 Å². The Morgan fingerprint density at radius 3 is 2.50 bits per heavy atom. The summed E-state index contributed by atoms with van der Waals surface area (Å²) in [6, 6.07) is 4.41. The Bertz CT molecular complexity index is 714. The highest BCUT2D eigenvalue weighted by molar-refractivity contribution is 7.16. The van der Waals surface area contributed by atoms with Gasteiger partial charge in [-0.25, -0.2) is 4.98 Å². The third-order valence-corrected chi connectivity index (χ3v) is 4.09. The second-order valence-corrected chi connectivity index (χ2v) is 5.57. The maximum Gasteiger partial charge on any atom is 0.206 e. The average molecular weight is 257 g/mol. The topological polar surface area (TPSA) is 43.3 Å². The summed E-state index contributed by atoms with van der Waals surface area (Å²) >= 11 is 1.67. The summed E-state index contributed by atoms with van der Waals surface area (Å²) in [6.45, 7) is 6.41. The molecule has 2 aromatic heterocycles. The smallest absolute Gasteiger partial charge is 0.206 e. The SMILES string of the molecule is Cc1cc(C)c(-c2csc3cnc(N)n23)c(C)c1. The molecule has 0 aliphatic carbocycles. The number of thiazole rings is 1. The Morgan fingerprint density at radius 1 is 1.17 bits per heavy atom. The van der Waals surface area contributed by atoms with Gasteiger partial charge in [-0.2, -0.15) is 0 Å². The second-order valence-electron chi connectivity index (χ2n) is 4.68. The van der Waals surface area contributed by atoms with Crippen LogP contribution < -0.4 is 5.73 Å². The van der Waals surface area contributed by atoms with Crippen molar-refractivity contribution in [1.29, 1.82) is 0 Å². The number of nitrogens with two attached hydrogens (primary N) is 1. The van der Waals surface area contributed by atoms with Crippen LogP contribution in [-0.2, 0) is 0 Å². The van der Waals surface area contributed by atoms with Crippen LogP contribution in [0.5, 0.6) is 0 Å². The molecule has 0 bridgehead atoms. The average Bonchev–Trinajstić information content (AvgIpc) is 2.82. The first kappa shape index (κ1) is 11.3. The molecule has 3 aromatic rings. The van der Waals surface area contributed by atoms with E-state index < -0.39 is 0 Å². The van der Waals surface area contributed by atoms with Gasteiger partial charge < -0.3 is 5.73 Å². The second kappa shape index (κ2) is 3.85. The van der Waals surface area contributed by atoms with Gasteiger partial charge in [0.1, 0.15) is 4.83 Å². The van der Waals surface area contributed by atoms with Crippen LogP contribution in [0.3, 0.4) is 0 Å². The van der Waals surface area contributed by atoms with Gasteiger partial charge >= 0.3 is 0 Å². The van der Waals surface area contributed by atoms with Crippen molar-refractivity contribution in [2.24, 2.45) is 0 Å². The van der Waals surface area contributed by atoms with Crippen LogP contribution in [0.25, 0.3) is 16.1 Å². The highest BCUT2D eigenvalue weighted by Gasteiger charge is 2.14. The Hall–Kier alpha value is -1.81. The summed E-state index contributed by atoms with van der Waals surface area (Å²) < 4.78 is 2.02. The minimum absolute atomic E-state index is 0.556. The molecule has 0 atom stereocenters. The number of nitrogen functional groups attached to an aromatic ring is 1. The van der Waals surface area contributed by atoms with E-state index in [2.05, 4.69) is 43.3 Å². The van der Waals surface area contributed by atoms with E-state index in [0.717, 1.165) is 10.5 Å².